The van der Waals surface area contributed by atoms with Crippen molar-refractivity contribution in [3.63, 3.8) is 0 Å². The summed E-state index contributed by atoms with van der Waals surface area (Å²) in [5, 5.41) is 11.9. The molecule has 1 aliphatic rings. The lowest BCUT2D eigenvalue weighted by Gasteiger charge is -2.19. The summed E-state index contributed by atoms with van der Waals surface area (Å²) in [5.41, 5.74) is 1.04. The number of benzene rings is 1. The molecular formula is C16H14Br2N4O3. The number of halogens is 2. The number of Topliss-reactive ketones (excluding diaryl/α,β-unsaturated/α-hetero) is 3. The van der Waals surface area contributed by atoms with E-state index in [2.05, 4.69) is 47.3 Å². The van der Waals surface area contributed by atoms with Gasteiger partial charge in [-0.05, 0) is 46.6 Å². The zero-order valence-electron chi connectivity index (χ0n) is 13.3. The third kappa shape index (κ3) is 3.62. The number of tetrazole rings is 1. The minimum atomic E-state index is -1.19. The minimum absolute atomic E-state index is 0.269. The van der Waals surface area contributed by atoms with Gasteiger partial charge in [0.2, 0.25) is 0 Å². The second kappa shape index (κ2) is 7.25. The number of hydrogen-bond acceptors (Lipinski definition) is 6. The van der Waals surface area contributed by atoms with Gasteiger partial charge in [0.1, 0.15) is 5.92 Å². The fourth-order valence-electron chi connectivity index (χ4n) is 2.82. The summed E-state index contributed by atoms with van der Waals surface area (Å²) in [5.74, 6) is -1.71. The predicted molar refractivity (Wildman–Crippen MR) is 95.2 cm³/mol. The first-order chi connectivity index (χ1) is 11.9. The SMILES string of the molecule is Cc1nnn(Cc2c(Br)ccc(C(=O)C3C(=O)CCCC3=O)c2Br)n1. The number of nitrogens with zero attached hydrogens (tertiary/aromatic N) is 4. The Bertz CT molecular complexity index is 862. The van der Waals surface area contributed by atoms with Gasteiger partial charge in [-0.25, -0.2) is 0 Å². The molecule has 0 aliphatic heterocycles. The first kappa shape index (κ1) is 18.1. The Morgan fingerprint density at radius 2 is 1.92 bits per heavy atom. The van der Waals surface area contributed by atoms with E-state index >= 15 is 0 Å². The average molecular weight is 470 g/mol. The molecule has 3 rings (SSSR count). The molecule has 0 unspecified atom stereocenters. The highest BCUT2D eigenvalue weighted by molar-refractivity contribution is 9.11. The van der Waals surface area contributed by atoms with Crippen LogP contribution >= 0.6 is 31.9 Å². The summed E-state index contributed by atoms with van der Waals surface area (Å²) >= 11 is 6.89. The lowest BCUT2D eigenvalue weighted by molar-refractivity contribution is -0.133. The lowest BCUT2D eigenvalue weighted by atomic mass is 9.81. The van der Waals surface area contributed by atoms with Gasteiger partial charge in [-0.3, -0.25) is 14.4 Å². The molecule has 1 aromatic carbocycles. The third-order valence-electron chi connectivity index (χ3n) is 4.06. The summed E-state index contributed by atoms with van der Waals surface area (Å²) in [4.78, 5) is 38.4. The number of aryl methyl sites for hydroxylation is 1. The zero-order valence-corrected chi connectivity index (χ0v) is 16.5. The molecule has 7 nitrogen and oxygen atoms in total. The van der Waals surface area contributed by atoms with Gasteiger partial charge in [-0.1, -0.05) is 15.9 Å². The van der Waals surface area contributed by atoms with E-state index in [9.17, 15) is 14.4 Å². The standard InChI is InChI=1S/C16H14Br2N4O3/c1-8-19-21-22(20-8)7-10-11(17)6-5-9(15(10)18)16(25)14-12(23)3-2-4-13(14)24/h5-6,14H,2-4,7H2,1H3. The van der Waals surface area contributed by atoms with E-state index < -0.39 is 11.7 Å². The van der Waals surface area contributed by atoms with Crippen molar-refractivity contribution in [2.75, 3.05) is 0 Å². The molecule has 1 saturated carbocycles. The highest BCUT2D eigenvalue weighted by Gasteiger charge is 2.37. The van der Waals surface area contributed by atoms with E-state index in [4.69, 9.17) is 0 Å². The minimum Gasteiger partial charge on any atom is -0.298 e. The topological polar surface area (TPSA) is 94.8 Å². The number of aromatic nitrogens is 4. The molecule has 9 heteroatoms. The zero-order chi connectivity index (χ0) is 18.1. The predicted octanol–water partition coefficient (Wildman–Crippen LogP) is 2.68. The number of carbonyl (C=O) groups excluding carboxylic acids is 3. The quantitative estimate of drug-likeness (QED) is 0.504. The second-order valence-electron chi connectivity index (χ2n) is 5.84. The van der Waals surface area contributed by atoms with Gasteiger partial charge in [0.05, 0.1) is 6.54 Å². The third-order valence-corrected chi connectivity index (χ3v) is 5.71. The first-order valence-electron chi connectivity index (χ1n) is 7.69. The van der Waals surface area contributed by atoms with Gasteiger partial charge in [-0.15, -0.1) is 10.2 Å². The fourth-order valence-corrected chi connectivity index (χ4v) is 4.21. The van der Waals surface area contributed by atoms with Crippen molar-refractivity contribution in [2.24, 2.45) is 5.92 Å². The van der Waals surface area contributed by atoms with E-state index in [1.165, 1.54) is 4.80 Å². The van der Waals surface area contributed by atoms with Crippen LogP contribution in [0.5, 0.6) is 0 Å². The molecule has 0 spiro atoms. The normalized spacial score (nSPS) is 15.6. The van der Waals surface area contributed by atoms with Gasteiger partial charge >= 0.3 is 0 Å². The molecule has 2 aromatic rings. The van der Waals surface area contributed by atoms with Crippen molar-refractivity contribution in [1.82, 2.24) is 20.2 Å². The first-order valence-corrected chi connectivity index (χ1v) is 9.28. The van der Waals surface area contributed by atoms with E-state index in [0.717, 1.165) is 10.0 Å². The molecule has 25 heavy (non-hydrogen) atoms. The lowest BCUT2D eigenvalue weighted by Crippen LogP contribution is -2.35. The van der Waals surface area contributed by atoms with Gasteiger partial charge in [0, 0.05) is 32.9 Å². The van der Waals surface area contributed by atoms with Crippen LogP contribution in [-0.2, 0) is 16.1 Å². The van der Waals surface area contributed by atoms with Crippen LogP contribution in [0.3, 0.4) is 0 Å². The number of ketones is 3. The molecule has 1 heterocycles. The highest BCUT2D eigenvalue weighted by Crippen LogP contribution is 2.32. The smallest absolute Gasteiger partial charge is 0.181 e. The molecule has 0 radical (unpaired) electrons. The number of rotatable bonds is 4. The van der Waals surface area contributed by atoms with E-state index in [1.807, 2.05) is 0 Å². The summed E-state index contributed by atoms with van der Waals surface area (Å²) in [6.45, 7) is 2.02. The molecule has 1 aromatic heterocycles. The summed E-state index contributed by atoms with van der Waals surface area (Å²) in [7, 11) is 0. The van der Waals surface area contributed by atoms with Crippen LogP contribution in [0.4, 0.5) is 0 Å². The molecule has 130 valence electrons. The molecule has 0 amide bonds. The maximum absolute atomic E-state index is 12.8. The van der Waals surface area contributed by atoms with Crippen molar-refractivity contribution in [3.8, 4) is 0 Å². The van der Waals surface area contributed by atoms with Crippen molar-refractivity contribution < 1.29 is 14.4 Å². The molecule has 0 N–H and O–H groups in total. The summed E-state index contributed by atoms with van der Waals surface area (Å²) < 4.78 is 1.28. The van der Waals surface area contributed by atoms with Crippen LogP contribution in [0.15, 0.2) is 21.1 Å². The van der Waals surface area contributed by atoms with Gasteiger partial charge in [0.25, 0.3) is 0 Å². The molecule has 0 bridgehead atoms. The molecular weight excluding hydrogens is 456 g/mol. The van der Waals surface area contributed by atoms with Crippen LogP contribution < -0.4 is 0 Å². The Balaban J connectivity index is 1.97. The van der Waals surface area contributed by atoms with Crippen LogP contribution in [0.2, 0.25) is 0 Å². The van der Waals surface area contributed by atoms with Crippen molar-refractivity contribution in [2.45, 2.75) is 32.7 Å². The molecule has 0 saturated heterocycles. The van der Waals surface area contributed by atoms with Gasteiger partial charge in [-0.2, -0.15) is 4.80 Å². The fraction of sp³-hybridized carbons (Fsp3) is 0.375. The van der Waals surface area contributed by atoms with E-state index in [-0.39, 0.29) is 31.0 Å². The van der Waals surface area contributed by atoms with E-state index in [1.54, 1.807) is 19.1 Å². The average Bonchev–Trinajstić information content (AvgIpc) is 2.96. The Morgan fingerprint density at radius 3 is 2.52 bits per heavy atom. The number of carbonyl (C=O) groups is 3. The van der Waals surface area contributed by atoms with Gasteiger partial charge in [0.15, 0.2) is 23.2 Å². The Hall–Kier alpha value is -1.74. The van der Waals surface area contributed by atoms with Crippen molar-refractivity contribution in [1.29, 1.82) is 0 Å². The maximum Gasteiger partial charge on any atom is 0.181 e. The van der Waals surface area contributed by atoms with Crippen LogP contribution in [0.1, 0.15) is 41.0 Å². The monoisotopic (exact) mass is 468 g/mol. The summed E-state index contributed by atoms with van der Waals surface area (Å²) in [6.07, 6.45) is 1.06. The number of hydrogen-bond donors (Lipinski definition) is 0. The van der Waals surface area contributed by atoms with E-state index in [0.29, 0.717) is 22.3 Å². The van der Waals surface area contributed by atoms with Crippen LogP contribution in [-0.4, -0.2) is 37.6 Å². The van der Waals surface area contributed by atoms with Crippen molar-refractivity contribution in [3.05, 3.63) is 38.0 Å². The highest BCUT2D eigenvalue weighted by atomic mass is 79.9. The summed E-state index contributed by atoms with van der Waals surface area (Å²) in [6, 6.07) is 3.32. The largest absolute Gasteiger partial charge is 0.298 e. The van der Waals surface area contributed by atoms with Gasteiger partial charge < -0.3 is 0 Å². The Kier molecular flexibility index (Phi) is 5.24. The van der Waals surface area contributed by atoms with Crippen molar-refractivity contribution >= 4 is 49.2 Å². The second-order valence-corrected chi connectivity index (χ2v) is 7.49. The Labute approximate surface area is 160 Å². The molecule has 1 aliphatic carbocycles. The molecule has 1 fully saturated rings. The molecule has 0 atom stereocenters. The van der Waals surface area contributed by atoms with Crippen LogP contribution in [0.25, 0.3) is 0 Å². The maximum atomic E-state index is 12.8. The Morgan fingerprint density at radius 1 is 1.24 bits per heavy atom. The van der Waals surface area contributed by atoms with Crippen LogP contribution in [0, 0.1) is 12.8 Å².